The number of aliphatic hydroxyl groups is 1. The fraction of sp³-hybridized carbons (Fsp3) is 0.538. The third-order valence-corrected chi connectivity index (χ3v) is 3.27. The van der Waals surface area contributed by atoms with Gasteiger partial charge in [-0.25, -0.2) is 0 Å². The van der Waals surface area contributed by atoms with Gasteiger partial charge in [-0.3, -0.25) is 9.78 Å². The number of halogens is 3. The van der Waals surface area contributed by atoms with Gasteiger partial charge in [0, 0.05) is 19.3 Å². The topological polar surface area (TPSA) is 53.4 Å². The minimum absolute atomic E-state index is 0.0456. The van der Waals surface area contributed by atoms with Gasteiger partial charge in [-0.05, 0) is 31.9 Å². The highest BCUT2D eigenvalue weighted by Gasteiger charge is 2.33. The van der Waals surface area contributed by atoms with Gasteiger partial charge in [0.2, 0.25) is 0 Å². The van der Waals surface area contributed by atoms with Crippen molar-refractivity contribution in [3.63, 3.8) is 0 Å². The zero-order valence-corrected chi connectivity index (χ0v) is 10.9. The summed E-state index contributed by atoms with van der Waals surface area (Å²) in [7, 11) is 0. The molecule has 0 aliphatic carbocycles. The molecule has 0 radical (unpaired) electrons. The maximum atomic E-state index is 12.4. The Hall–Kier alpha value is -1.63. The van der Waals surface area contributed by atoms with Crippen molar-refractivity contribution in [2.45, 2.75) is 31.5 Å². The van der Waals surface area contributed by atoms with Gasteiger partial charge in [0.1, 0.15) is 5.69 Å². The summed E-state index contributed by atoms with van der Waals surface area (Å²) in [6, 6.07) is 1.90. The molecule has 7 heteroatoms. The second-order valence-electron chi connectivity index (χ2n) is 5.26. The zero-order valence-electron chi connectivity index (χ0n) is 10.9. The maximum Gasteiger partial charge on any atom is 0.417 e. The number of carbonyl (C=O) groups excluding carboxylic acids is 1. The fourth-order valence-electron chi connectivity index (χ4n) is 2.24. The van der Waals surface area contributed by atoms with Crippen LogP contribution in [-0.2, 0) is 6.18 Å². The summed E-state index contributed by atoms with van der Waals surface area (Å²) in [5.41, 5.74) is -1.89. The van der Waals surface area contributed by atoms with Crippen molar-refractivity contribution in [2.24, 2.45) is 0 Å². The number of pyridine rings is 1. The van der Waals surface area contributed by atoms with Crippen LogP contribution in [0.4, 0.5) is 13.2 Å². The number of hydrogen-bond acceptors (Lipinski definition) is 3. The third-order valence-electron chi connectivity index (χ3n) is 3.27. The van der Waals surface area contributed by atoms with E-state index in [1.54, 1.807) is 6.92 Å². The molecule has 1 saturated heterocycles. The monoisotopic (exact) mass is 288 g/mol. The highest BCUT2D eigenvalue weighted by atomic mass is 19.4. The summed E-state index contributed by atoms with van der Waals surface area (Å²) in [6.07, 6.45) is -2.57. The average molecular weight is 288 g/mol. The predicted molar refractivity (Wildman–Crippen MR) is 65.0 cm³/mol. The molecule has 0 spiro atoms. The van der Waals surface area contributed by atoms with Crippen LogP contribution in [0.25, 0.3) is 0 Å². The Balaban J connectivity index is 2.13. The fourth-order valence-corrected chi connectivity index (χ4v) is 2.24. The van der Waals surface area contributed by atoms with Crippen molar-refractivity contribution in [3.8, 4) is 0 Å². The van der Waals surface area contributed by atoms with Crippen LogP contribution in [0, 0.1) is 0 Å². The van der Waals surface area contributed by atoms with Gasteiger partial charge in [-0.2, -0.15) is 13.2 Å². The van der Waals surface area contributed by atoms with E-state index in [0.29, 0.717) is 25.6 Å². The molecule has 1 N–H and O–H groups in total. The van der Waals surface area contributed by atoms with Crippen LogP contribution in [-0.4, -0.2) is 39.6 Å². The molecule has 4 nitrogen and oxygen atoms in total. The van der Waals surface area contributed by atoms with Gasteiger partial charge >= 0.3 is 6.18 Å². The molecule has 1 atom stereocenters. The second kappa shape index (κ2) is 5.05. The molecule has 0 bridgehead atoms. The molecule has 1 aromatic rings. The summed E-state index contributed by atoms with van der Waals surface area (Å²) in [5, 5.41) is 9.93. The Morgan fingerprint density at radius 2 is 2.15 bits per heavy atom. The van der Waals surface area contributed by atoms with Crippen molar-refractivity contribution in [2.75, 3.05) is 13.1 Å². The molecule has 20 heavy (non-hydrogen) atoms. The summed E-state index contributed by atoms with van der Waals surface area (Å²) < 4.78 is 37.2. The lowest BCUT2D eigenvalue weighted by Gasteiger charge is -2.36. The normalized spacial score (nSPS) is 23.8. The van der Waals surface area contributed by atoms with E-state index in [-0.39, 0.29) is 12.2 Å². The number of rotatable bonds is 1. The molecule has 1 fully saturated rings. The first-order chi connectivity index (χ1) is 9.19. The minimum atomic E-state index is -4.47. The summed E-state index contributed by atoms with van der Waals surface area (Å²) >= 11 is 0. The van der Waals surface area contributed by atoms with E-state index in [1.165, 1.54) is 4.90 Å². The number of β-amino-alcohol motifs (C(OH)–C–C–N with tert-alkyl or cyclic N) is 1. The molecule has 1 unspecified atom stereocenters. The zero-order chi connectivity index (χ0) is 15.0. The molecule has 1 aromatic heterocycles. The summed E-state index contributed by atoms with van der Waals surface area (Å²) in [5.74, 6) is -0.460. The number of aromatic nitrogens is 1. The number of likely N-dealkylation sites (tertiary alicyclic amines) is 1. The van der Waals surface area contributed by atoms with Crippen molar-refractivity contribution < 1.29 is 23.1 Å². The smallest absolute Gasteiger partial charge is 0.388 e. The maximum absolute atomic E-state index is 12.4. The quantitative estimate of drug-likeness (QED) is 0.861. The van der Waals surface area contributed by atoms with Crippen LogP contribution in [0.5, 0.6) is 0 Å². The van der Waals surface area contributed by atoms with Crippen LogP contribution in [0.3, 0.4) is 0 Å². The van der Waals surface area contributed by atoms with Crippen molar-refractivity contribution in [1.29, 1.82) is 0 Å². The molecular weight excluding hydrogens is 273 g/mol. The lowest BCUT2D eigenvalue weighted by molar-refractivity contribution is -0.137. The molecule has 1 aliphatic heterocycles. The van der Waals surface area contributed by atoms with Crippen molar-refractivity contribution in [3.05, 3.63) is 29.6 Å². The number of alkyl halides is 3. The Morgan fingerprint density at radius 1 is 1.45 bits per heavy atom. The molecule has 0 saturated carbocycles. The minimum Gasteiger partial charge on any atom is -0.388 e. The molecule has 1 amide bonds. The van der Waals surface area contributed by atoms with Crippen LogP contribution in [0.15, 0.2) is 18.3 Å². The SMILES string of the molecule is CC1(O)CCCN(C(=O)c2ccc(C(F)(F)F)cn2)C1. The first-order valence-corrected chi connectivity index (χ1v) is 6.24. The van der Waals surface area contributed by atoms with E-state index in [0.717, 1.165) is 12.1 Å². The van der Waals surface area contributed by atoms with E-state index in [1.807, 2.05) is 0 Å². The van der Waals surface area contributed by atoms with Gasteiger partial charge in [0.25, 0.3) is 5.91 Å². The van der Waals surface area contributed by atoms with E-state index < -0.39 is 23.2 Å². The van der Waals surface area contributed by atoms with Crippen LogP contribution >= 0.6 is 0 Å². The summed E-state index contributed by atoms with van der Waals surface area (Å²) in [6.45, 7) is 2.26. The standard InChI is InChI=1S/C13H15F3N2O2/c1-12(20)5-2-6-18(8-12)11(19)10-4-3-9(7-17-10)13(14,15)16/h3-4,7,20H,2,5-6,8H2,1H3. The van der Waals surface area contributed by atoms with Gasteiger partial charge in [0.15, 0.2) is 0 Å². The number of nitrogens with zero attached hydrogens (tertiary/aromatic N) is 2. The van der Waals surface area contributed by atoms with E-state index in [4.69, 9.17) is 0 Å². The molecule has 1 aliphatic rings. The average Bonchev–Trinajstić information content (AvgIpc) is 2.36. The molecular formula is C13H15F3N2O2. The van der Waals surface area contributed by atoms with E-state index in [9.17, 15) is 23.1 Å². The Kier molecular flexibility index (Phi) is 3.73. The van der Waals surface area contributed by atoms with E-state index >= 15 is 0 Å². The van der Waals surface area contributed by atoms with E-state index in [2.05, 4.69) is 4.98 Å². The third kappa shape index (κ3) is 3.27. The van der Waals surface area contributed by atoms with Crippen LogP contribution in [0.2, 0.25) is 0 Å². The lowest BCUT2D eigenvalue weighted by atomic mass is 9.95. The van der Waals surface area contributed by atoms with Crippen LogP contribution < -0.4 is 0 Å². The first-order valence-electron chi connectivity index (χ1n) is 6.24. The Labute approximate surface area is 114 Å². The van der Waals surface area contributed by atoms with Gasteiger partial charge in [-0.15, -0.1) is 0 Å². The van der Waals surface area contributed by atoms with Crippen molar-refractivity contribution >= 4 is 5.91 Å². The number of piperidine rings is 1. The molecule has 2 heterocycles. The lowest BCUT2D eigenvalue weighted by Crippen LogP contribution is -2.48. The molecule has 110 valence electrons. The number of hydrogen-bond donors (Lipinski definition) is 1. The highest BCUT2D eigenvalue weighted by molar-refractivity contribution is 5.92. The van der Waals surface area contributed by atoms with Crippen molar-refractivity contribution in [1.82, 2.24) is 9.88 Å². The highest BCUT2D eigenvalue weighted by Crippen LogP contribution is 2.28. The summed E-state index contributed by atoms with van der Waals surface area (Å²) in [4.78, 5) is 17.1. The molecule has 0 aromatic carbocycles. The predicted octanol–water partition coefficient (Wildman–Crippen LogP) is 2.09. The number of carbonyl (C=O) groups is 1. The first kappa shape index (κ1) is 14.8. The molecule has 2 rings (SSSR count). The van der Waals surface area contributed by atoms with Crippen LogP contribution in [0.1, 0.15) is 35.8 Å². The van der Waals surface area contributed by atoms with Gasteiger partial charge in [0.05, 0.1) is 11.2 Å². The Morgan fingerprint density at radius 3 is 2.65 bits per heavy atom. The Bertz CT molecular complexity index is 497. The number of amides is 1. The van der Waals surface area contributed by atoms with Gasteiger partial charge in [-0.1, -0.05) is 0 Å². The van der Waals surface area contributed by atoms with Gasteiger partial charge < -0.3 is 10.0 Å². The second-order valence-corrected chi connectivity index (χ2v) is 5.26. The largest absolute Gasteiger partial charge is 0.417 e.